The first-order valence-corrected chi connectivity index (χ1v) is 5.77. The molecule has 0 amide bonds. The number of hydrogen-bond donors (Lipinski definition) is 0. The first-order valence-electron chi connectivity index (χ1n) is 5.02. The lowest BCUT2D eigenvalue weighted by atomic mass is 10.1. The van der Waals surface area contributed by atoms with Gasteiger partial charge in [0.05, 0.1) is 10.0 Å². The van der Waals surface area contributed by atoms with E-state index in [0.717, 1.165) is 0 Å². The summed E-state index contributed by atoms with van der Waals surface area (Å²) in [5.74, 6) is -0.308. The Labute approximate surface area is 116 Å². The van der Waals surface area contributed by atoms with E-state index in [9.17, 15) is 13.2 Å². The van der Waals surface area contributed by atoms with E-state index in [-0.39, 0.29) is 5.75 Å². The maximum absolute atomic E-state index is 12.0. The molecule has 0 unspecified atom stereocenters. The van der Waals surface area contributed by atoms with Gasteiger partial charge in [0, 0.05) is 18.0 Å². The molecule has 0 spiro atoms. The third-order valence-electron chi connectivity index (χ3n) is 2.23. The van der Waals surface area contributed by atoms with E-state index in [2.05, 4.69) is 9.72 Å². The van der Waals surface area contributed by atoms with Gasteiger partial charge in [-0.3, -0.25) is 4.98 Å². The van der Waals surface area contributed by atoms with Crippen molar-refractivity contribution >= 4 is 23.2 Å². The maximum Gasteiger partial charge on any atom is 0.573 e. The van der Waals surface area contributed by atoms with E-state index >= 15 is 0 Å². The second kappa shape index (κ2) is 5.27. The third kappa shape index (κ3) is 3.52. The Hall–Kier alpha value is -1.46. The number of alkyl halides is 3. The molecule has 1 aromatic heterocycles. The van der Waals surface area contributed by atoms with Gasteiger partial charge >= 0.3 is 6.36 Å². The number of nitrogens with zero attached hydrogens (tertiary/aromatic N) is 1. The highest BCUT2D eigenvalue weighted by Gasteiger charge is 2.31. The largest absolute Gasteiger partial charge is 0.573 e. The monoisotopic (exact) mass is 307 g/mol. The van der Waals surface area contributed by atoms with Crippen molar-refractivity contribution in [3.63, 3.8) is 0 Å². The van der Waals surface area contributed by atoms with Gasteiger partial charge in [-0.25, -0.2) is 0 Å². The Morgan fingerprint density at radius 1 is 0.947 bits per heavy atom. The summed E-state index contributed by atoms with van der Waals surface area (Å²) in [6.45, 7) is 0. The standard InChI is InChI=1S/C12H6Cl2F3NO/c13-9-5-18-6-10(14)11(9)7-1-3-8(4-2-7)19-12(15,16)17/h1-6H. The summed E-state index contributed by atoms with van der Waals surface area (Å²) in [6.07, 6.45) is -1.90. The van der Waals surface area contributed by atoms with Crippen LogP contribution in [0.4, 0.5) is 13.2 Å². The van der Waals surface area contributed by atoms with Crippen LogP contribution in [0.25, 0.3) is 11.1 Å². The Bertz CT molecular complexity index is 564. The molecule has 2 nitrogen and oxygen atoms in total. The van der Waals surface area contributed by atoms with Gasteiger partial charge in [0.1, 0.15) is 5.75 Å². The molecule has 1 heterocycles. The number of rotatable bonds is 2. The van der Waals surface area contributed by atoms with E-state index in [1.807, 2.05) is 0 Å². The first-order chi connectivity index (χ1) is 8.87. The molecule has 0 fully saturated rings. The van der Waals surface area contributed by atoms with Gasteiger partial charge in [0.15, 0.2) is 0 Å². The van der Waals surface area contributed by atoms with Crippen LogP contribution in [-0.2, 0) is 0 Å². The molecule has 0 aliphatic rings. The minimum atomic E-state index is -4.71. The van der Waals surface area contributed by atoms with E-state index in [1.165, 1.54) is 36.7 Å². The van der Waals surface area contributed by atoms with Crippen LogP contribution in [0.5, 0.6) is 5.75 Å². The van der Waals surface area contributed by atoms with Crippen molar-refractivity contribution in [2.24, 2.45) is 0 Å². The molecule has 1 aromatic carbocycles. The minimum Gasteiger partial charge on any atom is -0.406 e. The summed E-state index contributed by atoms with van der Waals surface area (Å²) in [4.78, 5) is 3.80. The number of pyridine rings is 1. The Morgan fingerprint density at radius 3 is 1.95 bits per heavy atom. The number of halogens is 5. The van der Waals surface area contributed by atoms with Gasteiger partial charge in [-0.15, -0.1) is 13.2 Å². The van der Waals surface area contributed by atoms with E-state index in [0.29, 0.717) is 21.2 Å². The molecule has 2 aromatic rings. The molecule has 19 heavy (non-hydrogen) atoms. The molecule has 100 valence electrons. The van der Waals surface area contributed by atoms with E-state index in [4.69, 9.17) is 23.2 Å². The van der Waals surface area contributed by atoms with Crippen molar-refractivity contribution in [3.8, 4) is 16.9 Å². The molecule has 7 heteroatoms. The average molecular weight is 308 g/mol. The summed E-state index contributed by atoms with van der Waals surface area (Å²) in [7, 11) is 0. The second-order valence-electron chi connectivity index (χ2n) is 3.55. The molecule has 0 saturated carbocycles. The van der Waals surface area contributed by atoms with E-state index in [1.54, 1.807) is 0 Å². The minimum absolute atomic E-state index is 0.308. The molecular formula is C12H6Cl2F3NO. The van der Waals surface area contributed by atoms with Gasteiger partial charge in [-0.2, -0.15) is 0 Å². The van der Waals surface area contributed by atoms with Crippen LogP contribution in [-0.4, -0.2) is 11.3 Å². The summed E-state index contributed by atoms with van der Waals surface area (Å²) >= 11 is 11.9. The lowest BCUT2D eigenvalue weighted by Gasteiger charge is -2.10. The number of benzene rings is 1. The molecule has 2 rings (SSSR count). The van der Waals surface area contributed by atoms with Crippen molar-refractivity contribution in [1.82, 2.24) is 4.98 Å². The van der Waals surface area contributed by atoms with Gasteiger partial charge in [-0.1, -0.05) is 35.3 Å². The highest BCUT2D eigenvalue weighted by Crippen LogP contribution is 2.35. The van der Waals surface area contributed by atoms with Crippen molar-refractivity contribution in [3.05, 3.63) is 46.7 Å². The van der Waals surface area contributed by atoms with Crippen molar-refractivity contribution in [2.45, 2.75) is 6.36 Å². The Morgan fingerprint density at radius 2 is 1.47 bits per heavy atom. The van der Waals surface area contributed by atoms with Crippen LogP contribution in [0.2, 0.25) is 10.0 Å². The van der Waals surface area contributed by atoms with Gasteiger partial charge in [0.2, 0.25) is 0 Å². The van der Waals surface area contributed by atoms with Crippen LogP contribution >= 0.6 is 23.2 Å². The normalized spacial score (nSPS) is 11.4. The molecule has 0 bridgehead atoms. The average Bonchev–Trinajstić information content (AvgIpc) is 2.29. The predicted molar refractivity (Wildman–Crippen MR) is 66.4 cm³/mol. The number of ether oxygens (including phenoxy) is 1. The van der Waals surface area contributed by atoms with E-state index < -0.39 is 6.36 Å². The lowest BCUT2D eigenvalue weighted by Crippen LogP contribution is -2.16. The van der Waals surface area contributed by atoms with Crippen molar-refractivity contribution in [2.75, 3.05) is 0 Å². The highest BCUT2D eigenvalue weighted by atomic mass is 35.5. The topological polar surface area (TPSA) is 22.1 Å². The third-order valence-corrected chi connectivity index (χ3v) is 2.80. The van der Waals surface area contributed by atoms with Crippen LogP contribution in [0.3, 0.4) is 0 Å². The fraction of sp³-hybridized carbons (Fsp3) is 0.0833. The quantitative estimate of drug-likeness (QED) is 0.783. The summed E-state index contributed by atoms with van der Waals surface area (Å²) < 4.78 is 39.8. The van der Waals surface area contributed by atoms with Gasteiger partial charge < -0.3 is 4.74 Å². The highest BCUT2D eigenvalue weighted by molar-refractivity contribution is 6.38. The Balaban J connectivity index is 2.33. The molecular weight excluding hydrogens is 302 g/mol. The molecule has 0 saturated heterocycles. The zero-order chi connectivity index (χ0) is 14.0. The van der Waals surface area contributed by atoms with Gasteiger partial charge in [-0.05, 0) is 17.7 Å². The first kappa shape index (κ1) is 14.0. The number of aromatic nitrogens is 1. The smallest absolute Gasteiger partial charge is 0.406 e. The molecule has 0 atom stereocenters. The molecule has 0 N–H and O–H groups in total. The molecule has 0 aliphatic carbocycles. The number of hydrogen-bond acceptors (Lipinski definition) is 2. The van der Waals surface area contributed by atoms with Crippen LogP contribution < -0.4 is 4.74 Å². The zero-order valence-electron chi connectivity index (χ0n) is 9.21. The van der Waals surface area contributed by atoms with Crippen LogP contribution in [0.1, 0.15) is 0 Å². The second-order valence-corrected chi connectivity index (χ2v) is 4.36. The summed E-state index contributed by atoms with van der Waals surface area (Å²) in [5, 5.41) is 0.633. The van der Waals surface area contributed by atoms with Crippen molar-refractivity contribution < 1.29 is 17.9 Å². The van der Waals surface area contributed by atoms with Crippen molar-refractivity contribution in [1.29, 1.82) is 0 Å². The Kier molecular flexibility index (Phi) is 3.87. The summed E-state index contributed by atoms with van der Waals surface area (Å²) in [5.41, 5.74) is 1.09. The maximum atomic E-state index is 12.0. The lowest BCUT2D eigenvalue weighted by molar-refractivity contribution is -0.274. The predicted octanol–water partition coefficient (Wildman–Crippen LogP) is 4.95. The fourth-order valence-electron chi connectivity index (χ4n) is 1.51. The van der Waals surface area contributed by atoms with Crippen LogP contribution in [0.15, 0.2) is 36.7 Å². The fourth-order valence-corrected chi connectivity index (χ4v) is 2.09. The molecule has 0 radical (unpaired) electrons. The van der Waals surface area contributed by atoms with Crippen LogP contribution in [0, 0.1) is 0 Å². The molecule has 0 aliphatic heterocycles. The van der Waals surface area contributed by atoms with Gasteiger partial charge in [0.25, 0.3) is 0 Å². The summed E-state index contributed by atoms with van der Waals surface area (Å²) in [6, 6.07) is 5.26. The zero-order valence-corrected chi connectivity index (χ0v) is 10.7. The SMILES string of the molecule is FC(F)(F)Oc1ccc(-c2c(Cl)cncc2Cl)cc1.